The van der Waals surface area contributed by atoms with Gasteiger partial charge in [-0.25, -0.2) is 17.2 Å². The van der Waals surface area contributed by atoms with Crippen molar-refractivity contribution in [3.8, 4) is 0 Å². The summed E-state index contributed by atoms with van der Waals surface area (Å²) in [4.78, 5) is 27.4. The average Bonchev–Trinajstić information content (AvgIpc) is 2.82. The molecule has 0 spiro atoms. The zero-order valence-electron chi connectivity index (χ0n) is 20.9. The van der Waals surface area contributed by atoms with Gasteiger partial charge in [0.05, 0.1) is 11.9 Å². The Bertz CT molecular complexity index is 1190. The van der Waals surface area contributed by atoms with Gasteiger partial charge in [0.1, 0.15) is 6.04 Å². The maximum atomic E-state index is 13.7. The molecule has 1 atom stereocenters. The molecule has 1 N–H and O–H groups in total. The molecule has 0 bridgehead atoms. The van der Waals surface area contributed by atoms with E-state index in [0.717, 1.165) is 41.6 Å². The third-order valence-electron chi connectivity index (χ3n) is 5.73. The van der Waals surface area contributed by atoms with Crippen LogP contribution < -0.4 is 9.62 Å². The monoisotopic (exact) mass is 577 g/mol. The highest BCUT2D eigenvalue weighted by atomic mass is 35.5. The van der Waals surface area contributed by atoms with Crippen molar-refractivity contribution in [2.45, 2.75) is 52.1 Å². The van der Waals surface area contributed by atoms with Crippen LogP contribution in [0, 0.1) is 11.6 Å². The number of nitrogens with zero attached hydrogens (tertiary/aromatic N) is 2. The minimum absolute atomic E-state index is 0.0291. The van der Waals surface area contributed by atoms with Crippen molar-refractivity contribution in [1.82, 2.24) is 10.2 Å². The Balaban J connectivity index is 2.22. The number of carbonyl (C=O) groups excluding carboxylic acids is 2. The molecule has 0 saturated carbocycles. The van der Waals surface area contributed by atoms with Crippen LogP contribution in [-0.4, -0.2) is 50.5 Å². The highest BCUT2D eigenvalue weighted by molar-refractivity contribution is 7.92. The van der Waals surface area contributed by atoms with Crippen LogP contribution in [0.4, 0.5) is 14.5 Å². The second-order valence-corrected chi connectivity index (χ2v) is 11.3. The molecule has 0 aliphatic rings. The summed E-state index contributed by atoms with van der Waals surface area (Å²) in [6, 6.07) is 6.84. The fraction of sp³-hybridized carbons (Fsp3) is 0.440. The summed E-state index contributed by atoms with van der Waals surface area (Å²) in [5, 5.41) is 3.48. The summed E-state index contributed by atoms with van der Waals surface area (Å²) in [5.74, 6) is -3.06. The fourth-order valence-corrected chi connectivity index (χ4v) is 5.09. The first kappa shape index (κ1) is 30.8. The van der Waals surface area contributed by atoms with E-state index in [0.29, 0.717) is 22.2 Å². The number of halogens is 4. The summed E-state index contributed by atoms with van der Waals surface area (Å²) >= 11 is 12.6. The van der Waals surface area contributed by atoms with Gasteiger partial charge < -0.3 is 10.2 Å². The van der Waals surface area contributed by atoms with E-state index >= 15 is 0 Å². The van der Waals surface area contributed by atoms with Crippen LogP contribution in [-0.2, 0) is 26.2 Å². The molecule has 0 heterocycles. The van der Waals surface area contributed by atoms with Gasteiger partial charge in [0, 0.05) is 47.7 Å². The van der Waals surface area contributed by atoms with Crippen LogP contribution in [0.25, 0.3) is 0 Å². The second kappa shape index (κ2) is 13.9. The molecule has 0 fully saturated rings. The number of hydrogen-bond donors (Lipinski definition) is 1. The number of amides is 2. The smallest absolute Gasteiger partial charge is 0.242 e. The lowest BCUT2D eigenvalue weighted by molar-refractivity contribution is -0.140. The van der Waals surface area contributed by atoms with Crippen LogP contribution in [0.3, 0.4) is 0 Å². The number of carbonyl (C=O) groups is 2. The summed E-state index contributed by atoms with van der Waals surface area (Å²) < 4.78 is 52.6. The normalized spacial score (nSPS) is 12.2. The van der Waals surface area contributed by atoms with Gasteiger partial charge in [-0.15, -0.1) is 0 Å². The van der Waals surface area contributed by atoms with Crippen LogP contribution in [0.15, 0.2) is 36.4 Å². The number of unbranched alkanes of at least 4 members (excludes halogenated alkanes) is 1. The molecule has 0 unspecified atom stereocenters. The van der Waals surface area contributed by atoms with E-state index in [-0.39, 0.29) is 37.5 Å². The minimum atomic E-state index is -3.85. The van der Waals surface area contributed by atoms with Gasteiger partial charge in [0.15, 0.2) is 11.6 Å². The third-order valence-corrected chi connectivity index (χ3v) is 7.63. The maximum absolute atomic E-state index is 13.7. The Morgan fingerprint density at radius 3 is 2.27 bits per heavy atom. The number of benzene rings is 2. The lowest BCUT2D eigenvalue weighted by Crippen LogP contribution is -2.48. The predicted octanol–water partition coefficient (Wildman–Crippen LogP) is 5.15. The number of anilines is 1. The highest BCUT2D eigenvalue weighted by Gasteiger charge is 2.28. The molecule has 0 aliphatic heterocycles. The zero-order chi connectivity index (χ0) is 27.8. The van der Waals surface area contributed by atoms with Crippen molar-refractivity contribution in [1.29, 1.82) is 0 Å². The number of rotatable bonds is 13. The highest BCUT2D eigenvalue weighted by Crippen LogP contribution is 2.27. The van der Waals surface area contributed by atoms with E-state index in [1.54, 1.807) is 25.1 Å². The van der Waals surface area contributed by atoms with E-state index < -0.39 is 33.6 Å². The van der Waals surface area contributed by atoms with Crippen LogP contribution in [0.1, 0.15) is 45.1 Å². The van der Waals surface area contributed by atoms with Crippen molar-refractivity contribution in [2.75, 3.05) is 23.7 Å². The van der Waals surface area contributed by atoms with Gasteiger partial charge in [0.25, 0.3) is 0 Å². The maximum Gasteiger partial charge on any atom is 0.242 e. The molecule has 2 amide bonds. The predicted molar refractivity (Wildman–Crippen MR) is 142 cm³/mol. The molecule has 0 aliphatic carbocycles. The molecular weight excluding hydrogens is 547 g/mol. The Morgan fingerprint density at radius 1 is 1.05 bits per heavy atom. The Hall–Kier alpha value is -2.43. The van der Waals surface area contributed by atoms with Crippen molar-refractivity contribution < 1.29 is 26.8 Å². The van der Waals surface area contributed by atoms with Gasteiger partial charge in [-0.3, -0.25) is 13.9 Å². The molecule has 7 nitrogen and oxygen atoms in total. The van der Waals surface area contributed by atoms with Gasteiger partial charge in [0.2, 0.25) is 21.8 Å². The lowest BCUT2D eigenvalue weighted by Gasteiger charge is -2.30. The van der Waals surface area contributed by atoms with E-state index in [1.165, 1.54) is 4.90 Å². The quantitative estimate of drug-likeness (QED) is 0.333. The molecule has 12 heteroatoms. The molecule has 0 saturated heterocycles. The molecule has 37 heavy (non-hydrogen) atoms. The summed E-state index contributed by atoms with van der Waals surface area (Å²) in [5.41, 5.74) is 0.421. The average molecular weight is 579 g/mol. The zero-order valence-corrected chi connectivity index (χ0v) is 23.3. The fourth-order valence-electron chi connectivity index (χ4n) is 3.62. The van der Waals surface area contributed by atoms with Gasteiger partial charge in [-0.2, -0.15) is 0 Å². The Labute approximate surface area is 226 Å². The Morgan fingerprint density at radius 2 is 1.70 bits per heavy atom. The first-order valence-electron chi connectivity index (χ1n) is 11.8. The van der Waals surface area contributed by atoms with Gasteiger partial charge in [-0.1, -0.05) is 42.6 Å². The molecule has 0 radical (unpaired) electrons. The first-order chi connectivity index (χ1) is 17.4. The van der Waals surface area contributed by atoms with E-state index in [9.17, 15) is 26.8 Å². The van der Waals surface area contributed by atoms with E-state index in [1.807, 2.05) is 6.92 Å². The van der Waals surface area contributed by atoms with Crippen LogP contribution in [0.5, 0.6) is 0 Å². The summed E-state index contributed by atoms with van der Waals surface area (Å²) in [7, 11) is -3.85. The van der Waals surface area contributed by atoms with Crippen molar-refractivity contribution in [3.63, 3.8) is 0 Å². The SMILES string of the molecule is CCCCNC(=O)[C@H](C)N(Cc1c(Cl)cccc1Cl)C(=O)CCCN(c1ccc(F)c(F)c1)S(C)(=O)=O. The number of nitrogens with one attached hydrogen (secondary N) is 1. The van der Waals surface area contributed by atoms with E-state index in [4.69, 9.17) is 23.2 Å². The molecule has 2 aromatic carbocycles. The van der Waals surface area contributed by atoms with Gasteiger partial charge in [-0.05, 0) is 44.0 Å². The molecule has 204 valence electrons. The molecule has 2 aromatic rings. The Kier molecular flexibility index (Phi) is 11.6. The molecule has 0 aromatic heterocycles. The second-order valence-electron chi connectivity index (χ2n) is 8.58. The van der Waals surface area contributed by atoms with Crippen molar-refractivity contribution in [3.05, 3.63) is 63.6 Å². The largest absolute Gasteiger partial charge is 0.354 e. The molecular formula is C25H31Cl2F2N3O4S. The van der Waals surface area contributed by atoms with Crippen LogP contribution >= 0.6 is 23.2 Å². The standard InChI is InChI=1S/C25H31Cl2F2N3O4S/c1-4-5-13-30-25(34)17(2)31(16-19-20(26)8-6-9-21(19)27)24(33)10-7-14-32(37(3,35)36)18-11-12-22(28)23(29)15-18/h6,8-9,11-12,15,17H,4-5,7,10,13-14,16H2,1-3H3,(H,30,34)/t17-/m0/s1. The van der Waals surface area contributed by atoms with Crippen molar-refractivity contribution >= 4 is 50.7 Å². The lowest BCUT2D eigenvalue weighted by atomic mass is 10.1. The molecule has 2 rings (SSSR count). The summed E-state index contributed by atoms with van der Waals surface area (Å²) in [6.07, 6.45) is 2.55. The van der Waals surface area contributed by atoms with Gasteiger partial charge >= 0.3 is 0 Å². The number of hydrogen-bond acceptors (Lipinski definition) is 4. The third kappa shape index (κ3) is 8.83. The van der Waals surface area contributed by atoms with E-state index in [2.05, 4.69) is 5.32 Å². The van der Waals surface area contributed by atoms with Crippen LogP contribution in [0.2, 0.25) is 10.0 Å². The summed E-state index contributed by atoms with van der Waals surface area (Å²) in [6.45, 7) is 3.86. The van der Waals surface area contributed by atoms with Crippen molar-refractivity contribution in [2.24, 2.45) is 0 Å². The topological polar surface area (TPSA) is 86.8 Å². The minimum Gasteiger partial charge on any atom is -0.354 e. The first-order valence-corrected chi connectivity index (χ1v) is 14.4. The number of sulfonamides is 1.